The number of hydrogen-bond acceptors (Lipinski definition) is 3. The summed E-state index contributed by atoms with van der Waals surface area (Å²) < 4.78 is 60.3. The van der Waals surface area contributed by atoms with Crippen LogP contribution in [-0.4, -0.2) is 9.19 Å². The predicted molar refractivity (Wildman–Crippen MR) is 112 cm³/mol. The van der Waals surface area contributed by atoms with Crippen molar-refractivity contribution in [1.29, 1.82) is 0 Å². The topological polar surface area (TPSA) is 51.2 Å². The van der Waals surface area contributed by atoms with Crippen LogP contribution >= 0.6 is 23.2 Å². The molecule has 1 heterocycles. The number of ether oxygens (including phenoxy) is 1. The summed E-state index contributed by atoms with van der Waals surface area (Å²) in [4.78, 5) is 3.89. The van der Waals surface area contributed by atoms with Crippen LogP contribution in [0.2, 0.25) is 10.0 Å². The third-order valence-electron chi connectivity index (χ3n) is 4.09. The van der Waals surface area contributed by atoms with Gasteiger partial charge in [0.2, 0.25) is 5.88 Å². The Bertz CT molecular complexity index is 1100. The van der Waals surface area contributed by atoms with E-state index in [1.54, 1.807) is 0 Å². The van der Waals surface area contributed by atoms with Crippen LogP contribution in [-0.2, 0) is 17.2 Å². The van der Waals surface area contributed by atoms with Crippen LogP contribution in [0.3, 0.4) is 0 Å². The minimum absolute atomic E-state index is 0.0632. The van der Waals surface area contributed by atoms with Gasteiger partial charge in [0.1, 0.15) is 11.4 Å². The predicted octanol–water partition coefficient (Wildman–Crippen LogP) is 6.95. The molecule has 0 bridgehead atoms. The largest absolute Gasteiger partial charge is 0.436 e. The van der Waals surface area contributed by atoms with Gasteiger partial charge in [-0.25, -0.2) is 9.19 Å². The summed E-state index contributed by atoms with van der Waals surface area (Å²) in [5, 5.41) is 0.138. The molecule has 1 N–H and O–H groups in total. The summed E-state index contributed by atoms with van der Waals surface area (Å²) in [7, 11) is -2.14. The Hall–Kier alpha value is -2.29. The average Bonchev–Trinajstić information content (AvgIpc) is 2.65. The Morgan fingerprint density at radius 1 is 1.07 bits per heavy atom. The Labute approximate surface area is 183 Å². The monoisotopic (exact) mass is 474 g/mol. The third kappa shape index (κ3) is 5.06. The summed E-state index contributed by atoms with van der Waals surface area (Å²) in [6.45, 7) is 3.71. The van der Waals surface area contributed by atoms with Crippen molar-refractivity contribution in [2.75, 3.05) is 4.72 Å². The van der Waals surface area contributed by atoms with Crippen molar-refractivity contribution in [1.82, 2.24) is 4.98 Å². The first-order valence-electron chi connectivity index (χ1n) is 8.51. The van der Waals surface area contributed by atoms with Crippen LogP contribution in [0.4, 0.5) is 18.9 Å². The summed E-state index contributed by atoms with van der Waals surface area (Å²) in [6.07, 6.45) is -3.26. The van der Waals surface area contributed by atoms with Gasteiger partial charge in [0.15, 0.2) is 11.0 Å². The average molecular weight is 475 g/mol. The zero-order valence-corrected chi connectivity index (χ0v) is 18.0. The Balaban J connectivity index is 1.96. The van der Waals surface area contributed by atoms with E-state index in [1.165, 1.54) is 12.3 Å². The number of hydrogen-bond donors (Lipinski definition) is 1. The minimum atomic E-state index is -4.60. The van der Waals surface area contributed by atoms with E-state index in [0.29, 0.717) is 5.75 Å². The summed E-state index contributed by atoms with van der Waals surface area (Å²) in [6, 6.07) is 9.59. The molecule has 0 spiro atoms. The highest BCUT2D eigenvalue weighted by atomic mass is 35.5. The zero-order valence-electron chi connectivity index (χ0n) is 15.7. The van der Waals surface area contributed by atoms with Gasteiger partial charge in [-0.2, -0.15) is 13.2 Å². The first-order valence-corrected chi connectivity index (χ1v) is 10.4. The van der Waals surface area contributed by atoms with Crippen molar-refractivity contribution in [3.63, 3.8) is 0 Å². The molecular weight excluding hydrogens is 460 g/mol. The number of pyridine rings is 1. The normalized spacial score (nSPS) is 12.5. The molecule has 3 rings (SSSR count). The number of halogens is 5. The van der Waals surface area contributed by atoms with Gasteiger partial charge in [0, 0.05) is 6.20 Å². The molecule has 2 aromatic carbocycles. The second kappa shape index (κ2) is 8.83. The molecule has 0 saturated carbocycles. The number of nitrogens with zero attached hydrogens (tertiary/aromatic N) is 1. The van der Waals surface area contributed by atoms with Crippen molar-refractivity contribution in [3.8, 4) is 11.6 Å². The van der Waals surface area contributed by atoms with Gasteiger partial charge >= 0.3 is 6.18 Å². The molecule has 3 aromatic rings. The Morgan fingerprint density at radius 2 is 1.73 bits per heavy atom. The summed E-state index contributed by atoms with van der Waals surface area (Å²) in [5.74, 6) is 0.617. The lowest BCUT2D eigenvalue weighted by Crippen LogP contribution is -2.10. The fraction of sp³-hybridized carbons (Fsp3) is 0.150. The fourth-order valence-electron chi connectivity index (χ4n) is 2.61. The SMILES string of the molecule is Cc1cccc(C)c1Oc1ncc(Cl)cc1NS(=O)c1cc(C(F)(F)F)ccc1Cl. The van der Waals surface area contributed by atoms with Gasteiger partial charge in [0.25, 0.3) is 0 Å². The van der Waals surface area contributed by atoms with E-state index in [-0.39, 0.29) is 26.5 Å². The lowest BCUT2D eigenvalue weighted by Gasteiger charge is -2.15. The molecule has 1 atom stereocenters. The quantitative estimate of drug-likeness (QED) is 0.435. The van der Waals surface area contributed by atoms with Crippen LogP contribution in [0.15, 0.2) is 53.6 Å². The van der Waals surface area contributed by atoms with Crippen LogP contribution < -0.4 is 9.46 Å². The molecule has 0 radical (unpaired) electrons. The van der Waals surface area contributed by atoms with E-state index in [9.17, 15) is 17.4 Å². The highest BCUT2D eigenvalue weighted by Gasteiger charge is 2.31. The van der Waals surface area contributed by atoms with Crippen molar-refractivity contribution in [2.24, 2.45) is 0 Å². The molecule has 0 aliphatic heterocycles. The number of para-hydroxylation sites is 1. The second-order valence-corrected chi connectivity index (χ2v) is 8.37. The molecule has 0 aliphatic rings. The standard InChI is InChI=1S/C20H15Cl2F3N2O2S/c1-11-4-3-5-12(2)18(11)29-19-16(9-14(21)10-26-19)27-30(28)17-8-13(20(23,24)25)6-7-15(17)22/h3-10,27H,1-2H3. The van der Waals surface area contributed by atoms with E-state index in [1.807, 2.05) is 32.0 Å². The molecule has 0 saturated heterocycles. The van der Waals surface area contributed by atoms with E-state index >= 15 is 0 Å². The number of anilines is 1. The lowest BCUT2D eigenvalue weighted by molar-refractivity contribution is -0.137. The number of alkyl halides is 3. The zero-order chi connectivity index (χ0) is 22.1. The number of nitrogens with one attached hydrogen (secondary N) is 1. The van der Waals surface area contributed by atoms with Gasteiger partial charge in [-0.1, -0.05) is 41.4 Å². The minimum Gasteiger partial charge on any atom is -0.436 e. The van der Waals surface area contributed by atoms with Gasteiger partial charge in [-0.05, 0) is 49.2 Å². The van der Waals surface area contributed by atoms with E-state index in [4.69, 9.17) is 27.9 Å². The first-order chi connectivity index (χ1) is 14.1. The lowest BCUT2D eigenvalue weighted by atomic mass is 10.1. The molecule has 10 heteroatoms. The molecule has 30 heavy (non-hydrogen) atoms. The maximum absolute atomic E-state index is 13.0. The molecule has 1 unspecified atom stereocenters. The number of aromatic nitrogens is 1. The van der Waals surface area contributed by atoms with Gasteiger partial charge in [-0.3, -0.25) is 4.72 Å². The third-order valence-corrected chi connectivity index (χ3v) is 5.88. The Morgan fingerprint density at radius 3 is 2.37 bits per heavy atom. The van der Waals surface area contributed by atoms with Crippen molar-refractivity contribution >= 4 is 39.9 Å². The van der Waals surface area contributed by atoms with Gasteiger partial charge in [0.05, 0.1) is 20.5 Å². The highest BCUT2D eigenvalue weighted by Crippen LogP contribution is 2.36. The number of rotatable bonds is 5. The van der Waals surface area contributed by atoms with Crippen LogP contribution in [0.25, 0.3) is 0 Å². The first kappa shape index (κ1) is 22.4. The van der Waals surface area contributed by atoms with E-state index in [0.717, 1.165) is 29.3 Å². The van der Waals surface area contributed by atoms with Crippen molar-refractivity contribution in [3.05, 3.63) is 75.4 Å². The van der Waals surface area contributed by atoms with Crippen LogP contribution in [0.5, 0.6) is 11.6 Å². The summed E-state index contributed by atoms with van der Waals surface area (Å²) in [5.41, 5.74) is 0.865. The highest BCUT2D eigenvalue weighted by molar-refractivity contribution is 7.86. The van der Waals surface area contributed by atoms with E-state index in [2.05, 4.69) is 9.71 Å². The van der Waals surface area contributed by atoms with Crippen molar-refractivity contribution < 1.29 is 22.1 Å². The second-order valence-electron chi connectivity index (χ2n) is 6.34. The van der Waals surface area contributed by atoms with Crippen LogP contribution in [0, 0.1) is 13.8 Å². The number of benzene rings is 2. The maximum atomic E-state index is 13.0. The van der Waals surface area contributed by atoms with Gasteiger partial charge < -0.3 is 4.74 Å². The van der Waals surface area contributed by atoms with Crippen molar-refractivity contribution in [2.45, 2.75) is 24.9 Å². The summed E-state index contributed by atoms with van der Waals surface area (Å²) >= 11 is 12.0. The maximum Gasteiger partial charge on any atom is 0.416 e. The molecule has 0 amide bonds. The van der Waals surface area contributed by atoms with E-state index < -0.39 is 22.7 Å². The molecule has 0 aliphatic carbocycles. The van der Waals surface area contributed by atoms with Gasteiger partial charge in [-0.15, -0.1) is 0 Å². The fourth-order valence-corrected chi connectivity index (χ4v) is 4.04. The molecule has 158 valence electrons. The smallest absolute Gasteiger partial charge is 0.416 e. The Kier molecular flexibility index (Phi) is 6.59. The molecule has 0 fully saturated rings. The van der Waals surface area contributed by atoms with Crippen LogP contribution in [0.1, 0.15) is 16.7 Å². The molecular formula is C20H15Cl2F3N2O2S. The molecule has 4 nitrogen and oxygen atoms in total. The molecule has 1 aromatic heterocycles. The number of aryl methyl sites for hydroxylation is 2.